The van der Waals surface area contributed by atoms with E-state index >= 15 is 0 Å². The van der Waals surface area contributed by atoms with E-state index < -0.39 is 0 Å². The Balaban J connectivity index is 1.90. The first kappa shape index (κ1) is 15.3. The van der Waals surface area contributed by atoms with Crippen LogP contribution in [0.15, 0.2) is 0 Å². The van der Waals surface area contributed by atoms with E-state index in [1.54, 1.807) is 0 Å². The summed E-state index contributed by atoms with van der Waals surface area (Å²) in [6, 6.07) is 0.110. The van der Waals surface area contributed by atoms with Gasteiger partial charge in [0.25, 0.3) is 0 Å². The minimum Gasteiger partial charge on any atom is -0.465 e. The Kier molecular flexibility index (Phi) is 5.40. The maximum atomic E-state index is 12.4. The number of hydrogen-bond donors (Lipinski definition) is 0. The third-order valence-electron chi connectivity index (χ3n) is 4.38. The van der Waals surface area contributed by atoms with Gasteiger partial charge in [0.15, 0.2) is 0 Å². The molecule has 114 valence electrons. The maximum Gasteiger partial charge on any atom is 0.323 e. The van der Waals surface area contributed by atoms with Gasteiger partial charge in [0.1, 0.15) is 6.04 Å². The van der Waals surface area contributed by atoms with Gasteiger partial charge in [-0.1, -0.05) is 0 Å². The van der Waals surface area contributed by atoms with Gasteiger partial charge in [0, 0.05) is 12.6 Å². The minimum atomic E-state index is -0.223. The van der Waals surface area contributed by atoms with Crippen LogP contribution >= 0.6 is 0 Å². The van der Waals surface area contributed by atoms with Gasteiger partial charge in [-0.25, -0.2) is 0 Å². The zero-order chi connectivity index (χ0) is 14.5. The lowest BCUT2D eigenvalue weighted by Crippen LogP contribution is -2.49. The maximum absolute atomic E-state index is 12.4. The molecule has 2 saturated heterocycles. The lowest BCUT2D eigenvalue weighted by molar-refractivity contribution is -0.149. The molecule has 0 saturated carbocycles. The molecule has 0 N–H and O–H groups in total. The van der Waals surface area contributed by atoms with Crippen LogP contribution in [0.1, 0.15) is 46.0 Å². The highest BCUT2D eigenvalue weighted by Gasteiger charge is 2.34. The van der Waals surface area contributed by atoms with Crippen molar-refractivity contribution in [1.82, 2.24) is 9.80 Å². The van der Waals surface area contributed by atoms with Gasteiger partial charge in [-0.3, -0.25) is 14.5 Å². The van der Waals surface area contributed by atoms with Crippen molar-refractivity contribution < 1.29 is 14.3 Å². The van der Waals surface area contributed by atoms with Crippen LogP contribution < -0.4 is 0 Å². The van der Waals surface area contributed by atoms with Crippen LogP contribution in [0.4, 0.5) is 0 Å². The largest absolute Gasteiger partial charge is 0.465 e. The molecule has 2 unspecified atom stereocenters. The zero-order valence-corrected chi connectivity index (χ0v) is 12.6. The van der Waals surface area contributed by atoms with Gasteiger partial charge in [0.2, 0.25) is 5.91 Å². The van der Waals surface area contributed by atoms with Crippen molar-refractivity contribution in [2.24, 2.45) is 0 Å². The number of esters is 1. The van der Waals surface area contributed by atoms with E-state index in [1.807, 2.05) is 16.7 Å². The molecule has 2 rings (SSSR count). The van der Waals surface area contributed by atoms with Crippen LogP contribution in [0.5, 0.6) is 0 Å². The van der Waals surface area contributed by atoms with E-state index in [1.165, 1.54) is 6.42 Å². The highest BCUT2D eigenvalue weighted by Crippen LogP contribution is 2.21. The predicted octanol–water partition coefficient (Wildman–Crippen LogP) is 1.41. The molecule has 2 aliphatic rings. The molecule has 2 heterocycles. The average Bonchev–Trinajstić information content (AvgIpc) is 2.87. The number of piperidine rings is 1. The Morgan fingerprint density at radius 1 is 1.15 bits per heavy atom. The summed E-state index contributed by atoms with van der Waals surface area (Å²) in [6.45, 7) is 6.37. The summed E-state index contributed by atoms with van der Waals surface area (Å²) in [5.74, 6) is -0.0158. The molecule has 0 aromatic heterocycles. The fourth-order valence-electron chi connectivity index (χ4n) is 3.25. The number of nitrogens with zero attached hydrogens (tertiary/aromatic N) is 2. The summed E-state index contributed by atoms with van der Waals surface area (Å²) in [4.78, 5) is 28.3. The van der Waals surface area contributed by atoms with E-state index in [0.717, 1.165) is 38.8 Å². The van der Waals surface area contributed by atoms with Crippen LogP contribution in [0.3, 0.4) is 0 Å². The van der Waals surface area contributed by atoms with Crippen LogP contribution in [0.2, 0.25) is 0 Å². The van der Waals surface area contributed by atoms with Crippen LogP contribution in [0.25, 0.3) is 0 Å². The molecular weight excluding hydrogens is 256 g/mol. The molecule has 5 heteroatoms. The van der Waals surface area contributed by atoms with E-state index in [4.69, 9.17) is 4.74 Å². The highest BCUT2D eigenvalue weighted by atomic mass is 16.5. The van der Waals surface area contributed by atoms with Gasteiger partial charge < -0.3 is 9.64 Å². The smallest absolute Gasteiger partial charge is 0.323 e. The number of ether oxygens (including phenoxy) is 1. The number of rotatable bonds is 4. The summed E-state index contributed by atoms with van der Waals surface area (Å²) in [5.41, 5.74) is 0. The monoisotopic (exact) mass is 282 g/mol. The van der Waals surface area contributed by atoms with Gasteiger partial charge in [-0.15, -0.1) is 0 Å². The quantitative estimate of drug-likeness (QED) is 0.732. The van der Waals surface area contributed by atoms with Crippen LogP contribution in [-0.2, 0) is 14.3 Å². The van der Waals surface area contributed by atoms with Crippen molar-refractivity contribution in [1.29, 1.82) is 0 Å². The molecule has 2 fully saturated rings. The Bertz CT molecular complexity index is 359. The molecule has 0 spiro atoms. The predicted molar refractivity (Wildman–Crippen MR) is 76.3 cm³/mol. The van der Waals surface area contributed by atoms with Crippen molar-refractivity contribution in [3.63, 3.8) is 0 Å². The van der Waals surface area contributed by atoms with Crippen molar-refractivity contribution >= 4 is 11.9 Å². The second-order valence-electron chi connectivity index (χ2n) is 5.81. The molecule has 5 nitrogen and oxygen atoms in total. The first-order chi connectivity index (χ1) is 9.63. The number of hydrogen-bond acceptors (Lipinski definition) is 4. The molecule has 0 bridgehead atoms. The van der Waals surface area contributed by atoms with Crippen LogP contribution in [0, 0.1) is 0 Å². The normalized spacial score (nSPS) is 27.6. The Hall–Kier alpha value is -1.10. The van der Waals surface area contributed by atoms with E-state index in [2.05, 4.69) is 6.92 Å². The van der Waals surface area contributed by atoms with Crippen LogP contribution in [-0.4, -0.2) is 60.0 Å². The zero-order valence-electron chi connectivity index (χ0n) is 12.6. The third kappa shape index (κ3) is 3.51. The lowest BCUT2D eigenvalue weighted by atomic mass is 10.0. The molecule has 1 amide bonds. The Morgan fingerprint density at radius 3 is 2.65 bits per heavy atom. The van der Waals surface area contributed by atoms with E-state index in [0.29, 0.717) is 19.2 Å². The summed E-state index contributed by atoms with van der Waals surface area (Å²) >= 11 is 0. The molecule has 0 radical (unpaired) electrons. The van der Waals surface area contributed by atoms with E-state index in [-0.39, 0.29) is 17.9 Å². The Morgan fingerprint density at radius 2 is 1.95 bits per heavy atom. The fourth-order valence-corrected chi connectivity index (χ4v) is 3.25. The van der Waals surface area contributed by atoms with Crippen molar-refractivity contribution in [3.8, 4) is 0 Å². The summed E-state index contributed by atoms with van der Waals surface area (Å²) < 4.78 is 5.10. The molecule has 20 heavy (non-hydrogen) atoms. The summed E-state index contributed by atoms with van der Waals surface area (Å²) in [7, 11) is 0. The summed E-state index contributed by atoms with van der Waals surface area (Å²) in [5, 5.41) is 0. The number of carbonyl (C=O) groups excluding carboxylic acids is 2. The van der Waals surface area contributed by atoms with Crippen molar-refractivity contribution in [3.05, 3.63) is 0 Å². The number of likely N-dealkylation sites (tertiary alicyclic amines) is 2. The molecule has 0 aromatic rings. The van der Waals surface area contributed by atoms with Gasteiger partial charge in [0.05, 0.1) is 13.2 Å². The second kappa shape index (κ2) is 7.07. The van der Waals surface area contributed by atoms with Crippen molar-refractivity contribution in [2.45, 2.75) is 58.0 Å². The van der Waals surface area contributed by atoms with Gasteiger partial charge in [-0.2, -0.15) is 0 Å². The summed E-state index contributed by atoms with van der Waals surface area (Å²) in [6.07, 6.45) is 5.17. The highest BCUT2D eigenvalue weighted by molar-refractivity contribution is 5.81. The molecule has 0 aliphatic carbocycles. The number of amides is 1. The molecular formula is C15H26N2O3. The SMILES string of the molecule is CCOC(=O)C1CCCN1CC(=O)N1CCCCC1C. The fraction of sp³-hybridized carbons (Fsp3) is 0.867. The number of carbonyl (C=O) groups is 2. The molecule has 2 atom stereocenters. The molecule has 2 aliphatic heterocycles. The lowest BCUT2D eigenvalue weighted by Gasteiger charge is -2.35. The third-order valence-corrected chi connectivity index (χ3v) is 4.38. The Labute approximate surface area is 121 Å². The van der Waals surface area contributed by atoms with E-state index in [9.17, 15) is 9.59 Å². The first-order valence-corrected chi connectivity index (χ1v) is 7.83. The second-order valence-corrected chi connectivity index (χ2v) is 5.81. The first-order valence-electron chi connectivity index (χ1n) is 7.83. The van der Waals surface area contributed by atoms with Gasteiger partial charge >= 0.3 is 5.97 Å². The standard InChI is InChI=1S/C15H26N2O3/c1-3-20-15(19)13-8-6-9-16(13)11-14(18)17-10-5-4-7-12(17)2/h12-13H,3-11H2,1-2H3. The van der Waals surface area contributed by atoms with Crippen molar-refractivity contribution in [2.75, 3.05) is 26.2 Å². The topological polar surface area (TPSA) is 49.9 Å². The average molecular weight is 282 g/mol. The molecule has 0 aromatic carbocycles. The van der Waals surface area contributed by atoms with Gasteiger partial charge in [-0.05, 0) is 52.5 Å². The minimum absolute atomic E-state index is 0.161.